The van der Waals surface area contributed by atoms with Gasteiger partial charge in [0.05, 0.1) is 11.0 Å². The monoisotopic (exact) mass is 553 g/mol. The van der Waals surface area contributed by atoms with Crippen LogP contribution >= 0.6 is 0 Å². The SMILES string of the molecule is FC(F)=C(F)F.FC(F)c1ccc2ccccc2n1.[O-][n+]1cccc2ccccc21.c1ccc2ncccc2c1. The average Bonchev–Trinajstić information content (AvgIpc) is 2.98. The van der Waals surface area contributed by atoms with Crippen molar-refractivity contribution in [3.63, 3.8) is 0 Å². The molecule has 204 valence electrons. The Labute approximate surface area is 225 Å². The van der Waals surface area contributed by atoms with Crippen LogP contribution in [0.2, 0.25) is 0 Å². The molecule has 3 aromatic heterocycles. The molecule has 0 aliphatic rings. The maximum absolute atomic E-state index is 12.2. The van der Waals surface area contributed by atoms with Crippen LogP contribution in [-0.4, -0.2) is 9.97 Å². The summed E-state index contributed by atoms with van der Waals surface area (Å²) in [5, 5.41) is 14.2. The summed E-state index contributed by atoms with van der Waals surface area (Å²) in [6.07, 6.45) is -5.00. The first-order valence-corrected chi connectivity index (χ1v) is 11.6. The molecule has 6 rings (SSSR count). The lowest BCUT2D eigenvalue weighted by Crippen LogP contribution is -2.25. The standard InChI is InChI=1S/C10H7F2N.C9H7NO.C9H7N.C2F4/c11-10(12)9-6-5-7-3-1-2-4-8(7)13-9;11-10-7-3-5-8-4-1-2-6-9(8)10;1-2-6-9-8(4-1)5-3-7-10-9;3-1(4)2(5)6/h1-6,10H;1-7H;1-7H;. The van der Waals surface area contributed by atoms with Gasteiger partial charge >= 0.3 is 12.2 Å². The van der Waals surface area contributed by atoms with Gasteiger partial charge in [-0.15, -0.1) is 0 Å². The maximum Gasteiger partial charge on any atom is 0.334 e. The zero-order chi connectivity index (χ0) is 28.9. The summed E-state index contributed by atoms with van der Waals surface area (Å²) in [7, 11) is 0. The second kappa shape index (κ2) is 14.8. The molecule has 0 bridgehead atoms. The first-order chi connectivity index (χ1) is 19.3. The molecule has 0 aliphatic heterocycles. The Morgan fingerprint density at radius 3 is 1.73 bits per heavy atom. The Kier molecular flexibility index (Phi) is 11.0. The highest BCUT2D eigenvalue weighted by Gasteiger charge is 2.08. The van der Waals surface area contributed by atoms with Gasteiger partial charge in [0.1, 0.15) is 5.69 Å². The first-order valence-electron chi connectivity index (χ1n) is 11.6. The van der Waals surface area contributed by atoms with E-state index in [0.29, 0.717) is 5.52 Å². The van der Waals surface area contributed by atoms with Crippen molar-refractivity contribution < 1.29 is 31.1 Å². The Morgan fingerprint density at radius 2 is 1.12 bits per heavy atom. The molecule has 0 amide bonds. The topological polar surface area (TPSA) is 52.7 Å². The number of pyridine rings is 3. The van der Waals surface area contributed by atoms with Crippen molar-refractivity contribution in [1.29, 1.82) is 0 Å². The lowest BCUT2D eigenvalue weighted by molar-refractivity contribution is -0.577. The third kappa shape index (κ3) is 8.80. The fourth-order valence-electron chi connectivity index (χ4n) is 3.35. The summed E-state index contributed by atoms with van der Waals surface area (Å²) < 4.78 is 66.5. The molecule has 0 spiro atoms. The lowest BCUT2D eigenvalue weighted by atomic mass is 10.2. The van der Waals surface area contributed by atoms with Crippen LogP contribution in [0, 0.1) is 5.21 Å². The fraction of sp³-hybridized carbons (Fsp3) is 0.0333. The van der Waals surface area contributed by atoms with Gasteiger partial charge in [0, 0.05) is 34.5 Å². The summed E-state index contributed by atoms with van der Waals surface area (Å²) >= 11 is 0. The van der Waals surface area contributed by atoms with Gasteiger partial charge in [-0.25, -0.2) is 13.8 Å². The summed E-state index contributed by atoms with van der Waals surface area (Å²) in [6.45, 7) is 0. The van der Waals surface area contributed by atoms with E-state index in [1.54, 1.807) is 24.3 Å². The van der Waals surface area contributed by atoms with Crippen LogP contribution < -0.4 is 4.73 Å². The molecule has 10 heteroatoms. The highest BCUT2D eigenvalue weighted by atomic mass is 19.3. The zero-order valence-corrected chi connectivity index (χ0v) is 20.6. The minimum absolute atomic E-state index is 0.168. The number of halogens is 6. The van der Waals surface area contributed by atoms with E-state index in [2.05, 4.69) is 22.1 Å². The molecule has 4 nitrogen and oxygen atoms in total. The number of alkyl halides is 2. The van der Waals surface area contributed by atoms with Crippen molar-refractivity contribution in [3.8, 4) is 0 Å². The quantitative estimate of drug-likeness (QED) is 0.116. The molecule has 0 aliphatic carbocycles. The minimum Gasteiger partial charge on any atom is -0.618 e. The van der Waals surface area contributed by atoms with Gasteiger partial charge in [-0.3, -0.25) is 4.98 Å². The number of para-hydroxylation sites is 3. The largest absolute Gasteiger partial charge is 0.618 e. The number of fused-ring (bicyclic) bond motifs is 3. The van der Waals surface area contributed by atoms with Crippen molar-refractivity contribution >= 4 is 32.7 Å². The summed E-state index contributed by atoms with van der Waals surface area (Å²) in [5.74, 6) is 0. The molecular formula is C30H21F6N3O. The number of hydrogen-bond acceptors (Lipinski definition) is 3. The molecule has 0 saturated carbocycles. The van der Waals surface area contributed by atoms with E-state index in [1.807, 2.05) is 72.9 Å². The normalized spacial score (nSPS) is 10.1. The smallest absolute Gasteiger partial charge is 0.334 e. The Bertz CT molecular complexity index is 1620. The van der Waals surface area contributed by atoms with Crippen LogP contribution in [0.3, 0.4) is 0 Å². The number of aromatic nitrogens is 3. The predicted molar refractivity (Wildman–Crippen MR) is 143 cm³/mol. The van der Waals surface area contributed by atoms with E-state index in [4.69, 9.17) is 0 Å². The molecule has 0 fully saturated rings. The van der Waals surface area contributed by atoms with Gasteiger partial charge < -0.3 is 5.21 Å². The summed E-state index contributed by atoms with van der Waals surface area (Å²) in [5.41, 5.74) is 2.22. The van der Waals surface area contributed by atoms with Crippen molar-refractivity contribution in [1.82, 2.24) is 9.97 Å². The van der Waals surface area contributed by atoms with E-state index in [0.717, 1.165) is 26.5 Å². The van der Waals surface area contributed by atoms with Crippen LogP contribution in [0.5, 0.6) is 0 Å². The molecule has 6 aromatic rings. The van der Waals surface area contributed by atoms with Crippen LogP contribution in [0.25, 0.3) is 32.7 Å². The Morgan fingerprint density at radius 1 is 0.600 bits per heavy atom. The molecule has 0 saturated heterocycles. The van der Waals surface area contributed by atoms with Crippen LogP contribution in [0.15, 0.2) is 134 Å². The second-order valence-electron chi connectivity index (χ2n) is 7.84. The van der Waals surface area contributed by atoms with E-state index in [1.165, 1.54) is 17.6 Å². The zero-order valence-electron chi connectivity index (χ0n) is 20.6. The van der Waals surface area contributed by atoms with Crippen LogP contribution in [0.1, 0.15) is 12.1 Å². The van der Waals surface area contributed by atoms with Gasteiger partial charge in [0.15, 0.2) is 6.20 Å². The Balaban J connectivity index is 0.000000152. The molecule has 0 atom stereocenters. The van der Waals surface area contributed by atoms with E-state index in [-0.39, 0.29) is 5.69 Å². The van der Waals surface area contributed by atoms with Crippen LogP contribution in [0.4, 0.5) is 26.3 Å². The number of benzene rings is 3. The first kappa shape index (κ1) is 29.6. The number of hydrogen-bond donors (Lipinski definition) is 0. The molecule has 3 heterocycles. The molecule has 0 radical (unpaired) electrons. The molecule has 0 unspecified atom stereocenters. The van der Waals surface area contributed by atoms with Crippen LogP contribution in [-0.2, 0) is 0 Å². The van der Waals surface area contributed by atoms with Crippen molar-refractivity contribution in [2.45, 2.75) is 6.43 Å². The summed E-state index contributed by atoms with van der Waals surface area (Å²) in [6, 6.07) is 33.5. The van der Waals surface area contributed by atoms with Crippen molar-refractivity contribution in [3.05, 3.63) is 145 Å². The van der Waals surface area contributed by atoms with E-state index in [9.17, 15) is 31.5 Å². The fourth-order valence-corrected chi connectivity index (χ4v) is 3.35. The maximum atomic E-state index is 12.2. The lowest BCUT2D eigenvalue weighted by Gasteiger charge is -2.00. The highest BCUT2D eigenvalue weighted by molar-refractivity contribution is 5.79. The van der Waals surface area contributed by atoms with E-state index >= 15 is 0 Å². The van der Waals surface area contributed by atoms with Gasteiger partial charge in [-0.05, 0) is 36.4 Å². The third-order valence-corrected chi connectivity index (χ3v) is 5.17. The van der Waals surface area contributed by atoms with Gasteiger partial charge in [0.2, 0.25) is 5.52 Å². The van der Waals surface area contributed by atoms with E-state index < -0.39 is 18.6 Å². The predicted octanol–water partition coefficient (Wildman–Crippen LogP) is 8.87. The number of nitrogens with zero attached hydrogens (tertiary/aromatic N) is 3. The summed E-state index contributed by atoms with van der Waals surface area (Å²) in [4.78, 5) is 8.01. The second-order valence-corrected chi connectivity index (χ2v) is 7.84. The average molecular weight is 554 g/mol. The molecular weight excluding hydrogens is 532 g/mol. The molecule has 0 N–H and O–H groups in total. The highest BCUT2D eigenvalue weighted by Crippen LogP contribution is 2.19. The number of rotatable bonds is 1. The van der Waals surface area contributed by atoms with Gasteiger partial charge in [0.25, 0.3) is 6.43 Å². The van der Waals surface area contributed by atoms with Gasteiger partial charge in [-0.1, -0.05) is 60.7 Å². The molecule has 3 aromatic carbocycles. The van der Waals surface area contributed by atoms with Crippen molar-refractivity contribution in [2.24, 2.45) is 0 Å². The third-order valence-electron chi connectivity index (χ3n) is 5.17. The Hall–Kier alpha value is -4.99. The van der Waals surface area contributed by atoms with Crippen molar-refractivity contribution in [2.75, 3.05) is 0 Å². The molecule has 40 heavy (non-hydrogen) atoms. The van der Waals surface area contributed by atoms with Gasteiger partial charge in [-0.2, -0.15) is 22.3 Å². The minimum atomic E-state index is -2.91.